The Balaban J connectivity index is 1.69. The van der Waals surface area contributed by atoms with Gasteiger partial charge in [0.1, 0.15) is 0 Å². The van der Waals surface area contributed by atoms with E-state index in [9.17, 15) is 18.3 Å². The van der Waals surface area contributed by atoms with Crippen LogP contribution < -0.4 is 4.90 Å². The zero-order chi connectivity index (χ0) is 20.4. The fourth-order valence-electron chi connectivity index (χ4n) is 3.68. The molecule has 0 spiro atoms. The van der Waals surface area contributed by atoms with E-state index in [-0.39, 0.29) is 6.54 Å². The molecule has 1 saturated heterocycles. The Morgan fingerprint density at radius 3 is 2.57 bits per heavy atom. The second-order valence-electron chi connectivity index (χ2n) is 7.37. The molecule has 3 rings (SSSR count). The van der Waals surface area contributed by atoms with Crippen LogP contribution in [0.1, 0.15) is 23.1 Å². The first kappa shape index (κ1) is 20.2. The van der Waals surface area contributed by atoms with Gasteiger partial charge in [-0.1, -0.05) is 30.3 Å². The van der Waals surface area contributed by atoms with Gasteiger partial charge in [0.05, 0.1) is 22.8 Å². The molecular formula is C21H22F3N3O. The number of halogens is 3. The molecule has 1 unspecified atom stereocenters. The summed E-state index contributed by atoms with van der Waals surface area (Å²) < 4.78 is 39.6. The standard InChI is InChI=1S/C21H22F3N3O/c1-26(18-8-7-17(12-25)19(11-18)21(22,23)24)14-20(28)9-10-27(15-20)13-16-5-3-2-4-6-16/h2-8,11,28H,9-10,13-15H2,1H3. The number of rotatable bonds is 5. The van der Waals surface area contributed by atoms with Crippen LogP contribution in [-0.2, 0) is 12.7 Å². The number of alkyl halides is 3. The third-order valence-corrected chi connectivity index (χ3v) is 5.06. The number of β-amino-alcohol motifs (C(OH)–C–C–N with tert-alkyl or cyclic N) is 1. The summed E-state index contributed by atoms with van der Waals surface area (Å²) in [6.07, 6.45) is -4.05. The van der Waals surface area contributed by atoms with Crippen molar-refractivity contribution < 1.29 is 18.3 Å². The van der Waals surface area contributed by atoms with Gasteiger partial charge in [0.15, 0.2) is 0 Å². The maximum absolute atomic E-state index is 13.2. The predicted molar refractivity (Wildman–Crippen MR) is 101 cm³/mol. The number of likely N-dealkylation sites (N-methyl/N-ethyl adjacent to an activating group) is 1. The second-order valence-corrected chi connectivity index (χ2v) is 7.37. The highest BCUT2D eigenvalue weighted by Crippen LogP contribution is 2.35. The first-order chi connectivity index (χ1) is 13.2. The topological polar surface area (TPSA) is 50.5 Å². The molecule has 1 atom stereocenters. The SMILES string of the molecule is CN(CC1(O)CCN(Cc2ccccc2)C1)c1ccc(C#N)c(C(F)(F)F)c1. The average Bonchev–Trinajstić information content (AvgIpc) is 3.01. The molecule has 148 valence electrons. The molecule has 0 aliphatic carbocycles. The summed E-state index contributed by atoms with van der Waals surface area (Å²) in [5.74, 6) is 0. The van der Waals surface area contributed by atoms with E-state index in [2.05, 4.69) is 4.90 Å². The summed E-state index contributed by atoms with van der Waals surface area (Å²) in [5, 5.41) is 19.9. The number of nitrogens with zero attached hydrogens (tertiary/aromatic N) is 3. The Kier molecular flexibility index (Phi) is 5.64. The third kappa shape index (κ3) is 4.64. The Morgan fingerprint density at radius 1 is 1.21 bits per heavy atom. The highest BCUT2D eigenvalue weighted by molar-refractivity contribution is 5.54. The molecule has 2 aromatic rings. The average molecular weight is 389 g/mol. The minimum absolute atomic E-state index is 0.210. The molecule has 2 aromatic carbocycles. The molecule has 4 nitrogen and oxygen atoms in total. The van der Waals surface area contributed by atoms with Crippen molar-refractivity contribution in [3.8, 4) is 6.07 Å². The van der Waals surface area contributed by atoms with Crippen molar-refractivity contribution in [3.05, 3.63) is 65.2 Å². The van der Waals surface area contributed by atoms with Crippen LogP contribution in [0.3, 0.4) is 0 Å². The molecule has 0 radical (unpaired) electrons. The smallest absolute Gasteiger partial charge is 0.387 e. The molecule has 1 fully saturated rings. The minimum atomic E-state index is -4.60. The first-order valence-corrected chi connectivity index (χ1v) is 9.01. The zero-order valence-corrected chi connectivity index (χ0v) is 15.6. The largest absolute Gasteiger partial charge is 0.417 e. The Hall–Kier alpha value is -2.56. The van der Waals surface area contributed by atoms with E-state index < -0.39 is 22.9 Å². The van der Waals surface area contributed by atoms with Gasteiger partial charge in [0.2, 0.25) is 0 Å². The second kappa shape index (κ2) is 7.82. The van der Waals surface area contributed by atoms with E-state index in [4.69, 9.17) is 5.26 Å². The highest BCUT2D eigenvalue weighted by Gasteiger charge is 2.38. The van der Waals surface area contributed by atoms with Gasteiger partial charge in [-0.05, 0) is 30.2 Å². The molecule has 0 bridgehead atoms. The van der Waals surface area contributed by atoms with Gasteiger partial charge in [0.25, 0.3) is 0 Å². The third-order valence-electron chi connectivity index (χ3n) is 5.06. The fraction of sp³-hybridized carbons (Fsp3) is 0.381. The van der Waals surface area contributed by atoms with Crippen LogP contribution in [0.25, 0.3) is 0 Å². The molecule has 7 heteroatoms. The van der Waals surface area contributed by atoms with E-state index in [0.717, 1.165) is 24.7 Å². The molecular weight excluding hydrogens is 367 g/mol. The van der Waals surface area contributed by atoms with Crippen LogP contribution in [0.4, 0.5) is 18.9 Å². The van der Waals surface area contributed by atoms with E-state index in [0.29, 0.717) is 18.7 Å². The maximum Gasteiger partial charge on any atom is 0.417 e. The van der Waals surface area contributed by atoms with Gasteiger partial charge in [0, 0.05) is 38.9 Å². The maximum atomic E-state index is 13.2. The number of nitriles is 1. The zero-order valence-electron chi connectivity index (χ0n) is 15.6. The van der Waals surface area contributed by atoms with Gasteiger partial charge < -0.3 is 10.0 Å². The first-order valence-electron chi connectivity index (χ1n) is 9.01. The minimum Gasteiger partial charge on any atom is -0.387 e. The summed E-state index contributed by atoms with van der Waals surface area (Å²) in [5.41, 5.74) is -0.888. The summed E-state index contributed by atoms with van der Waals surface area (Å²) in [6, 6.07) is 15.1. The van der Waals surface area contributed by atoms with Crippen LogP contribution in [0.2, 0.25) is 0 Å². The van der Waals surface area contributed by atoms with E-state index in [1.165, 1.54) is 12.1 Å². The van der Waals surface area contributed by atoms with Crippen molar-refractivity contribution in [2.24, 2.45) is 0 Å². The number of likely N-dealkylation sites (tertiary alicyclic amines) is 1. The van der Waals surface area contributed by atoms with Crippen molar-refractivity contribution >= 4 is 5.69 Å². The van der Waals surface area contributed by atoms with Crippen molar-refractivity contribution in [1.29, 1.82) is 5.26 Å². The van der Waals surface area contributed by atoms with Gasteiger partial charge in [-0.2, -0.15) is 18.4 Å². The van der Waals surface area contributed by atoms with Crippen molar-refractivity contribution in [3.63, 3.8) is 0 Å². The van der Waals surface area contributed by atoms with Gasteiger partial charge >= 0.3 is 6.18 Å². The molecule has 1 heterocycles. The summed E-state index contributed by atoms with van der Waals surface area (Å²) in [7, 11) is 1.65. The molecule has 0 amide bonds. The summed E-state index contributed by atoms with van der Waals surface area (Å²) in [6.45, 7) is 2.11. The van der Waals surface area contributed by atoms with Gasteiger partial charge in [-0.3, -0.25) is 4.90 Å². The van der Waals surface area contributed by atoms with Crippen LogP contribution in [0.5, 0.6) is 0 Å². The Bertz CT molecular complexity index is 863. The lowest BCUT2D eigenvalue weighted by molar-refractivity contribution is -0.137. The number of hydrogen-bond acceptors (Lipinski definition) is 4. The Labute approximate surface area is 162 Å². The van der Waals surface area contributed by atoms with Crippen LogP contribution in [0.15, 0.2) is 48.5 Å². The van der Waals surface area contributed by atoms with Crippen molar-refractivity contribution in [2.75, 3.05) is 31.6 Å². The summed E-state index contributed by atoms with van der Waals surface area (Å²) >= 11 is 0. The molecule has 1 aliphatic heterocycles. The van der Waals surface area contributed by atoms with Gasteiger partial charge in [-0.25, -0.2) is 0 Å². The lowest BCUT2D eigenvalue weighted by Crippen LogP contribution is -2.43. The monoisotopic (exact) mass is 389 g/mol. The number of anilines is 1. The number of benzene rings is 2. The van der Waals surface area contributed by atoms with E-state index in [1.807, 2.05) is 30.3 Å². The van der Waals surface area contributed by atoms with E-state index >= 15 is 0 Å². The fourth-order valence-corrected chi connectivity index (χ4v) is 3.68. The molecule has 1 aliphatic rings. The lowest BCUT2D eigenvalue weighted by Gasteiger charge is -2.31. The molecule has 0 aromatic heterocycles. The quantitative estimate of drug-likeness (QED) is 0.848. The predicted octanol–water partition coefficient (Wildman–Crippen LogP) is 3.65. The van der Waals surface area contributed by atoms with E-state index in [1.54, 1.807) is 18.0 Å². The number of hydrogen-bond donors (Lipinski definition) is 1. The van der Waals surface area contributed by atoms with Crippen molar-refractivity contribution in [2.45, 2.75) is 24.7 Å². The number of aliphatic hydroxyl groups is 1. The highest BCUT2D eigenvalue weighted by atomic mass is 19.4. The molecule has 28 heavy (non-hydrogen) atoms. The lowest BCUT2D eigenvalue weighted by atomic mass is 10.0. The summed E-state index contributed by atoms with van der Waals surface area (Å²) in [4.78, 5) is 3.76. The van der Waals surface area contributed by atoms with Crippen LogP contribution in [-0.4, -0.2) is 42.3 Å². The normalized spacial score (nSPS) is 20.1. The molecule has 1 N–H and O–H groups in total. The van der Waals surface area contributed by atoms with Crippen LogP contribution in [0, 0.1) is 11.3 Å². The van der Waals surface area contributed by atoms with Crippen molar-refractivity contribution in [1.82, 2.24) is 4.90 Å². The molecule has 0 saturated carbocycles. The van der Waals surface area contributed by atoms with Gasteiger partial charge in [-0.15, -0.1) is 0 Å². The van der Waals surface area contributed by atoms with Crippen LogP contribution >= 0.6 is 0 Å². The Morgan fingerprint density at radius 2 is 1.93 bits per heavy atom.